The Kier molecular flexibility index (Phi) is 7.55. The van der Waals surface area contributed by atoms with Crippen molar-refractivity contribution < 1.29 is 8.83 Å². The van der Waals surface area contributed by atoms with Crippen LogP contribution in [0.15, 0.2) is 191 Å². The second kappa shape index (κ2) is 13.2. The summed E-state index contributed by atoms with van der Waals surface area (Å²) in [5.74, 6) is 0.403. The molecule has 0 bridgehead atoms. The Hall–Kier alpha value is -7.62. The highest BCUT2D eigenvalue weighted by Crippen LogP contribution is 2.66. The number of anilines is 3. The molecule has 0 saturated heterocycles. The summed E-state index contributed by atoms with van der Waals surface area (Å²) in [5.41, 5.74) is 21.9. The molecule has 0 amide bonds. The Balaban J connectivity index is 1.21. The summed E-state index contributed by atoms with van der Waals surface area (Å²) < 4.78 is 14.3. The van der Waals surface area contributed by atoms with E-state index in [2.05, 4.69) is 215 Å². The summed E-state index contributed by atoms with van der Waals surface area (Å²) in [7, 11) is 0. The van der Waals surface area contributed by atoms with Crippen molar-refractivity contribution in [1.82, 2.24) is 0 Å². The first kappa shape index (κ1) is 36.1. The van der Waals surface area contributed by atoms with Gasteiger partial charge < -0.3 is 13.7 Å². The van der Waals surface area contributed by atoms with E-state index in [0.717, 1.165) is 72.1 Å². The molecule has 300 valence electrons. The van der Waals surface area contributed by atoms with Gasteiger partial charge >= 0.3 is 0 Å². The topological polar surface area (TPSA) is 29.5 Å². The summed E-state index contributed by atoms with van der Waals surface area (Å²) in [6, 6.07) is 67.2. The van der Waals surface area contributed by atoms with Gasteiger partial charge in [0.1, 0.15) is 22.3 Å². The number of fused-ring (bicyclic) bond motifs is 18. The van der Waals surface area contributed by atoms with E-state index in [0.29, 0.717) is 5.92 Å². The Bertz CT molecular complexity index is 3630. The number of rotatable bonds is 5. The van der Waals surface area contributed by atoms with E-state index < -0.39 is 5.41 Å². The molecular weight excluding hydrogens is 767 g/mol. The van der Waals surface area contributed by atoms with E-state index in [1.807, 2.05) is 0 Å². The monoisotopic (exact) mass is 809 g/mol. The molecule has 0 aliphatic heterocycles. The van der Waals surface area contributed by atoms with Crippen molar-refractivity contribution in [3.05, 3.63) is 221 Å². The number of furan rings is 2. The molecule has 13 rings (SSSR count). The van der Waals surface area contributed by atoms with Gasteiger partial charge in [-0.2, -0.15) is 0 Å². The summed E-state index contributed by atoms with van der Waals surface area (Å²) in [6.45, 7) is 8.88. The Morgan fingerprint density at radius 2 is 1.06 bits per heavy atom. The molecule has 11 aromatic rings. The molecule has 0 radical (unpaired) electrons. The Labute approximate surface area is 366 Å². The van der Waals surface area contributed by atoms with Crippen LogP contribution in [0.3, 0.4) is 0 Å². The van der Waals surface area contributed by atoms with Crippen molar-refractivity contribution in [3.8, 4) is 33.4 Å². The lowest BCUT2D eigenvalue weighted by Gasteiger charge is -2.32. The number of nitrogens with zero attached hydrogens (tertiary/aromatic N) is 1. The molecule has 3 heteroatoms. The van der Waals surface area contributed by atoms with Crippen molar-refractivity contribution >= 4 is 60.9 Å². The molecule has 0 atom stereocenters. The molecule has 2 heterocycles. The lowest BCUT2D eigenvalue weighted by Crippen LogP contribution is -2.26. The molecule has 9 aromatic carbocycles. The van der Waals surface area contributed by atoms with Crippen LogP contribution < -0.4 is 4.90 Å². The zero-order chi connectivity index (χ0) is 42.1. The van der Waals surface area contributed by atoms with Crippen LogP contribution in [0.2, 0.25) is 0 Å². The third-order valence-corrected chi connectivity index (χ3v) is 14.1. The SMILES string of the molecule is Cc1ccc(-c2cc(N(c3ccc(C(C)C)cc3)c3cc4c(c5oc6ccccc6c35)-c3c(ccc5c3oc3ccccc35)C43c4ccccc4-c4ccccc43)ccc2C)cc1. The molecule has 1 spiro atoms. The number of para-hydroxylation sites is 2. The van der Waals surface area contributed by atoms with E-state index in [1.165, 1.54) is 61.2 Å². The fraction of sp³-hybridized carbons (Fsp3) is 0.100. The van der Waals surface area contributed by atoms with Gasteiger partial charge in [-0.15, -0.1) is 0 Å². The van der Waals surface area contributed by atoms with Gasteiger partial charge in [0, 0.05) is 38.7 Å². The predicted molar refractivity (Wildman–Crippen MR) is 261 cm³/mol. The standard InChI is InChI=1S/C60H43NO2/c1-35(2)38-26-29-40(30-27-38)61(41-28-23-37(4)47(33-41)39-24-21-36(3)22-25-39)52-34-51-57(59-55(52)46-16-8-12-20-54(46)63-59)56-50(32-31-45-44-15-7-11-19-53(44)62-58(45)56)60(51)48-17-9-5-13-42(48)43-14-6-10-18-49(43)60/h5-35H,1-4H3. The van der Waals surface area contributed by atoms with Gasteiger partial charge in [-0.05, 0) is 118 Å². The second-order valence-electron chi connectivity index (χ2n) is 17.9. The van der Waals surface area contributed by atoms with Crippen LogP contribution in [0.1, 0.15) is 58.7 Å². The maximum Gasteiger partial charge on any atom is 0.145 e. The van der Waals surface area contributed by atoms with Crippen LogP contribution in [0, 0.1) is 13.8 Å². The Morgan fingerprint density at radius 3 is 1.78 bits per heavy atom. The van der Waals surface area contributed by atoms with Crippen LogP contribution in [0.4, 0.5) is 17.1 Å². The van der Waals surface area contributed by atoms with Crippen LogP contribution in [0.5, 0.6) is 0 Å². The summed E-state index contributed by atoms with van der Waals surface area (Å²) in [4.78, 5) is 2.48. The highest BCUT2D eigenvalue weighted by molar-refractivity contribution is 6.23. The minimum absolute atomic E-state index is 0.403. The van der Waals surface area contributed by atoms with Crippen molar-refractivity contribution in [2.75, 3.05) is 4.90 Å². The first-order chi connectivity index (χ1) is 30.9. The molecular formula is C60H43NO2. The zero-order valence-corrected chi connectivity index (χ0v) is 35.7. The molecule has 0 saturated carbocycles. The minimum atomic E-state index is -0.652. The van der Waals surface area contributed by atoms with Gasteiger partial charge in [0.15, 0.2) is 0 Å². The number of aryl methyl sites for hydroxylation is 2. The normalized spacial score (nSPS) is 13.3. The lowest BCUT2D eigenvalue weighted by atomic mass is 9.70. The highest BCUT2D eigenvalue weighted by atomic mass is 16.3. The third kappa shape index (κ3) is 4.91. The fourth-order valence-electron chi connectivity index (χ4n) is 11.1. The van der Waals surface area contributed by atoms with Gasteiger partial charge in [-0.3, -0.25) is 0 Å². The summed E-state index contributed by atoms with van der Waals surface area (Å²) >= 11 is 0. The summed E-state index contributed by atoms with van der Waals surface area (Å²) in [6.07, 6.45) is 0. The summed E-state index contributed by atoms with van der Waals surface area (Å²) in [5, 5.41) is 4.37. The van der Waals surface area contributed by atoms with Gasteiger partial charge in [-0.25, -0.2) is 0 Å². The number of hydrogen-bond acceptors (Lipinski definition) is 3. The molecule has 3 nitrogen and oxygen atoms in total. The van der Waals surface area contributed by atoms with Crippen LogP contribution in [-0.2, 0) is 5.41 Å². The van der Waals surface area contributed by atoms with Crippen molar-refractivity contribution in [2.24, 2.45) is 0 Å². The van der Waals surface area contributed by atoms with E-state index in [-0.39, 0.29) is 0 Å². The molecule has 0 fully saturated rings. The number of benzene rings is 9. The van der Waals surface area contributed by atoms with Gasteiger partial charge in [-0.1, -0.05) is 159 Å². The molecule has 2 aliphatic rings. The van der Waals surface area contributed by atoms with Crippen LogP contribution >= 0.6 is 0 Å². The maximum absolute atomic E-state index is 7.32. The van der Waals surface area contributed by atoms with Crippen LogP contribution in [-0.4, -0.2) is 0 Å². The van der Waals surface area contributed by atoms with Gasteiger partial charge in [0.25, 0.3) is 0 Å². The van der Waals surface area contributed by atoms with E-state index in [1.54, 1.807) is 0 Å². The molecule has 0 unspecified atom stereocenters. The van der Waals surface area contributed by atoms with E-state index in [9.17, 15) is 0 Å². The fourth-order valence-corrected chi connectivity index (χ4v) is 11.1. The first-order valence-electron chi connectivity index (χ1n) is 22.1. The second-order valence-corrected chi connectivity index (χ2v) is 17.9. The third-order valence-electron chi connectivity index (χ3n) is 14.1. The van der Waals surface area contributed by atoms with Crippen molar-refractivity contribution in [2.45, 2.75) is 39.0 Å². The quantitative estimate of drug-likeness (QED) is 0.173. The largest absolute Gasteiger partial charge is 0.455 e. The van der Waals surface area contributed by atoms with Gasteiger partial charge in [0.2, 0.25) is 0 Å². The highest BCUT2D eigenvalue weighted by Gasteiger charge is 2.54. The number of hydrogen-bond donors (Lipinski definition) is 0. The average Bonchev–Trinajstić information content (AvgIpc) is 4.05. The van der Waals surface area contributed by atoms with Crippen LogP contribution in [0.25, 0.3) is 77.3 Å². The zero-order valence-electron chi connectivity index (χ0n) is 35.7. The predicted octanol–water partition coefficient (Wildman–Crippen LogP) is 16.7. The Morgan fingerprint density at radius 1 is 0.460 bits per heavy atom. The molecule has 2 aliphatic carbocycles. The lowest BCUT2D eigenvalue weighted by molar-refractivity contribution is 0.665. The van der Waals surface area contributed by atoms with Gasteiger partial charge in [0.05, 0.1) is 16.5 Å². The van der Waals surface area contributed by atoms with Crippen molar-refractivity contribution in [1.29, 1.82) is 0 Å². The molecule has 2 aromatic heterocycles. The smallest absolute Gasteiger partial charge is 0.145 e. The van der Waals surface area contributed by atoms with E-state index >= 15 is 0 Å². The molecule has 63 heavy (non-hydrogen) atoms. The van der Waals surface area contributed by atoms with E-state index in [4.69, 9.17) is 8.83 Å². The minimum Gasteiger partial charge on any atom is -0.455 e. The maximum atomic E-state index is 7.32. The average molecular weight is 810 g/mol. The first-order valence-corrected chi connectivity index (χ1v) is 22.1. The molecule has 0 N–H and O–H groups in total. The van der Waals surface area contributed by atoms with Crippen molar-refractivity contribution in [3.63, 3.8) is 0 Å².